The normalized spacial score (nSPS) is 19.1. The van der Waals surface area contributed by atoms with Crippen LogP contribution in [-0.2, 0) is 16.9 Å². The largest absolute Gasteiger partial charge is 0.375 e. The van der Waals surface area contributed by atoms with Crippen LogP contribution < -0.4 is 11.5 Å². The van der Waals surface area contributed by atoms with Gasteiger partial charge in [-0.2, -0.15) is 0 Å². The van der Waals surface area contributed by atoms with Crippen molar-refractivity contribution in [2.45, 2.75) is 37.8 Å². The standard InChI is InChI=1S/C26H33N5O3/c27-23(32)20-12-10-19(11-13-20)18-29-25(28)31-16-14-30(15-17-31)24(33)26(34,22-8-4-5-9-22)21-6-2-1-3-7-21/h1-3,6-7,10-13,22,34H,4-5,8-9,14-18H2,(H2,27,32)(H2,28,29)/t26-/m0/s1. The highest BCUT2D eigenvalue weighted by molar-refractivity contribution is 5.92. The first-order valence-electron chi connectivity index (χ1n) is 11.9. The van der Waals surface area contributed by atoms with E-state index in [2.05, 4.69) is 4.99 Å². The molecule has 1 aliphatic heterocycles. The van der Waals surface area contributed by atoms with Gasteiger partial charge in [0.05, 0.1) is 6.54 Å². The third-order valence-electron chi connectivity index (χ3n) is 7.04. The lowest BCUT2D eigenvalue weighted by Gasteiger charge is -2.41. The van der Waals surface area contributed by atoms with Gasteiger partial charge in [-0.05, 0) is 36.1 Å². The van der Waals surface area contributed by atoms with Gasteiger partial charge in [0.1, 0.15) is 0 Å². The number of benzene rings is 2. The van der Waals surface area contributed by atoms with Crippen LogP contribution in [0.15, 0.2) is 59.6 Å². The fraction of sp³-hybridized carbons (Fsp3) is 0.423. The first kappa shape index (κ1) is 23.8. The number of amides is 2. The minimum Gasteiger partial charge on any atom is -0.375 e. The Labute approximate surface area is 200 Å². The van der Waals surface area contributed by atoms with Gasteiger partial charge in [0.25, 0.3) is 5.91 Å². The molecule has 0 spiro atoms. The molecule has 1 atom stereocenters. The molecule has 4 rings (SSSR count). The number of piperazine rings is 1. The van der Waals surface area contributed by atoms with Crippen molar-refractivity contribution in [2.75, 3.05) is 26.2 Å². The zero-order chi connectivity index (χ0) is 24.1. The van der Waals surface area contributed by atoms with Crippen molar-refractivity contribution in [1.82, 2.24) is 9.80 Å². The van der Waals surface area contributed by atoms with E-state index in [0.29, 0.717) is 49.8 Å². The van der Waals surface area contributed by atoms with Gasteiger partial charge in [-0.1, -0.05) is 55.3 Å². The third-order valence-corrected chi connectivity index (χ3v) is 7.04. The summed E-state index contributed by atoms with van der Waals surface area (Å²) < 4.78 is 0. The van der Waals surface area contributed by atoms with Gasteiger partial charge in [0.15, 0.2) is 11.6 Å². The quantitative estimate of drug-likeness (QED) is 0.445. The minimum absolute atomic E-state index is 0.0620. The van der Waals surface area contributed by atoms with Gasteiger partial charge >= 0.3 is 0 Å². The molecule has 1 heterocycles. The molecule has 8 nitrogen and oxygen atoms in total. The summed E-state index contributed by atoms with van der Waals surface area (Å²) in [6.45, 7) is 2.45. The molecule has 2 aliphatic rings. The number of primary amides is 1. The second kappa shape index (κ2) is 10.3. The SMILES string of the molecule is NC(=O)c1ccc(CN=C(N)N2CCN(C(=O)[C@](O)(c3ccccc3)C3CCCC3)CC2)cc1. The number of rotatable bonds is 6. The Morgan fingerprint density at radius 3 is 2.09 bits per heavy atom. The van der Waals surface area contributed by atoms with Crippen molar-refractivity contribution >= 4 is 17.8 Å². The number of aliphatic imine (C=N–C) groups is 1. The van der Waals surface area contributed by atoms with Crippen LogP contribution >= 0.6 is 0 Å². The molecule has 2 aromatic carbocycles. The minimum atomic E-state index is -1.49. The number of nitrogens with zero attached hydrogens (tertiary/aromatic N) is 3. The summed E-state index contributed by atoms with van der Waals surface area (Å²) in [7, 11) is 0. The third kappa shape index (κ3) is 4.92. The fourth-order valence-electron chi connectivity index (χ4n) is 5.00. The van der Waals surface area contributed by atoms with Gasteiger partial charge < -0.3 is 26.4 Å². The van der Waals surface area contributed by atoms with E-state index in [1.165, 1.54) is 0 Å². The van der Waals surface area contributed by atoms with Crippen LogP contribution in [0.25, 0.3) is 0 Å². The predicted octanol–water partition coefficient (Wildman–Crippen LogP) is 1.82. The Balaban J connectivity index is 1.39. The zero-order valence-corrected chi connectivity index (χ0v) is 19.4. The average Bonchev–Trinajstić information content (AvgIpc) is 3.43. The maximum atomic E-state index is 13.6. The van der Waals surface area contributed by atoms with E-state index in [-0.39, 0.29) is 11.8 Å². The molecule has 1 saturated heterocycles. The molecule has 2 amide bonds. The molecule has 5 N–H and O–H groups in total. The second-order valence-corrected chi connectivity index (χ2v) is 9.13. The van der Waals surface area contributed by atoms with Crippen LogP contribution in [0.3, 0.4) is 0 Å². The van der Waals surface area contributed by atoms with Crippen LogP contribution in [0, 0.1) is 5.92 Å². The van der Waals surface area contributed by atoms with Gasteiger partial charge in [0.2, 0.25) is 5.91 Å². The molecule has 2 fully saturated rings. The van der Waals surface area contributed by atoms with Crippen LogP contribution in [0.2, 0.25) is 0 Å². The number of nitrogens with two attached hydrogens (primary N) is 2. The van der Waals surface area contributed by atoms with E-state index in [9.17, 15) is 14.7 Å². The smallest absolute Gasteiger partial charge is 0.259 e. The summed E-state index contributed by atoms with van der Waals surface area (Å²) in [6, 6.07) is 16.3. The summed E-state index contributed by atoms with van der Waals surface area (Å²) >= 11 is 0. The number of hydrogen-bond donors (Lipinski definition) is 3. The first-order chi connectivity index (χ1) is 16.4. The predicted molar refractivity (Wildman–Crippen MR) is 131 cm³/mol. The Morgan fingerprint density at radius 2 is 1.50 bits per heavy atom. The van der Waals surface area contributed by atoms with Gasteiger partial charge in [-0.3, -0.25) is 9.59 Å². The van der Waals surface area contributed by atoms with E-state index in [4.69, 9.17) is 11.5 Å². The van der Waals surface area contributed by atoms with Crippen molar-refractivity contribution in [1.29, 1.82) is 0 Å². The van der Waals surface area contributed by atoms with Crippen LogP contribution in [0.5, 0.6) is 0 Å². The zero-order valence-electron chi connectivity index (χ0n) is 19.4. The molecule has 0 aromatic heterocycles. The lowest BCUT2D eigenvalue weighted by Crippen LogP contribution is -2.58. The molecule has 0 bridgehead atoms. The summed E-state index contributed by atoms with van der Waals surface area (Å²) in [6.07, 6.45) is 3.80. The van der Waals surface area contributed by atoms with E-state index in [1.54, 1.807) is 29.2 Å². The highest BCUT2D eigenvalue weighted by Crippen LogP contribution is 2.42. The Hall–Kier alpha value is -3.39. The molecule has 34 heavy (non-hydrogen) atoms. The number of guanidine groups is 1. The molecule has 2 aromatic rings. The maximum absolute atomic E-state index is 13.6. The van der Waals surface area contributed by atoms with E-state index < -0.39 is 11.5 Å². The molecule has 180 valence electrons. The molecule has 1 saturated carbocycles. The van der Waals surface area contributed by atoms with E-state index >= 15 is 0 Å². The van der Waals surface area contributed by atoms with Crippen LogP contribution in [0.1, 0.15) is 47.2 Å². The lowest BCUT2D eigenvalue weighted by atomic mass is 9.79. The Bertz CT molecular complexity index is 1030. The molecule has 0 radical (unpaired) electrons. The average molecular weight is 464 g/mol. The highest BCUT2D eigenvalue weighted by Gasteiger charge is 2.48. The lowest BCUT2D eigenvalue weighted by molar-refractivity contribution is -0.160. The number of hydrogen-bond acceptors (Lipinski definition) is 4. The molecule has 0 unspecified atom stereocenters. The number of carbonyl (C=O) groups is 2. The van der Waals surface area contributed by atoms with Crippen LogP contribution in [0.4, 0.5) is 0 Å². The monoisotopic (exact) mass is 463 g/mol. The summed E-state index contributed by atoms with van der Waals surface area (Å²) in [5.74, 6) is -0.322. The summed E-state index contributed by atoms with van der Waals surface area (Å²) in [5, 5.41) is 11.8. The molecular formula is C26H33N5O3. The Kier molecular flexibility index (Phi) is 7.17. The van der Waals surface area contributed by atoms with Gasteiger partial charge in [-0.15, -0.1) is 0 Å². The molecule has 1 aliphatic carbocycles. The van der Waals surface area contributed by atoms with Crippen molar-refractivity contribution in [2.24, 2.45) is 22.4 Å². The van der Waals surface area contributed by atoms with Crippen molar-refractivity contribution < 1.29 is 14.7 Å². The Morgan fingerprint density at radius 1 is 0.912 bits per heavy atom. The van der Waals surface area contributed by atoms with Gasteiger partial charge in [0, 0.05) is 37.7 Å². The van der Waals surface area contributed by atoms with Crippen LogP contribution in [-0.4, -0.2) is 58.9 Å². The van der Waals surface area contributed by atoms with Crippen molar-refractivity contribution in [3.8, 4) is 0 Å². The molecule has 8 heteroatoms. The maximum Gasteiger partial charge on any atom is 0.259 e. The van der Waals surface area contributed by atoms with Gasteiger partial charge in [-0.25, -0.2) is 4.99 Å². The molecular weight excluding hydrogens is 430 g/mol. The fourth-order valence-corrected chi connectivity index (χ4v) is 5.00. The van der Waals surface area contributed by atoms with Crippen molar-refractivity contribution in [3.05, 3.63) is 71.3 Å². The topological polar surface area (TPSA) is 125 Å². The number of carbonyl (C=O) groups excluding carboxylic acids is 2. The second-order valence-electron chi connectivity index (χ2n) is 9.13. The summed E-state index contributed by atoms with van der Waals surface area (Å²) in [4.78, 5) is 33.0. The highest BCUT2D eigenvalue weighted by atomic mass is 16.3. The summed E-state index contributed by atoms with van der Waals surface area (Å²) in [5.41, 5.74) is 12.1. The van der Waals surface area contributed by atoms with E-state index in [0.717, 1.165) is 31.2 Å². The van der Waals surface area contributed by atoms with Crippen molar-refractivity contribution in [3.63, 3.8) is 0 Å². The number of aliphatic hydroxyl groups is 1. The van der Waals surface area contributed by atoms with E-state index in [1.807, 2.05) is 35.2 Å². The first-order valence-corrected chi connectivity index (χ1v) is 11.9.